The first-order valence-electron chi connectivity index (χ1n) is 25.9. The van der Waals surface area contributed by atoms with Crippen LogP contribution in [0.25, 0.3) is 0 Å². The molecule has 0 aliphatic rings. The van der Waals surface area contributed by atoms with Crippen LogP contribution in [0.2, 0.25) is 0 Å². The third-order valence-corrected chi connectivity index (χ3v) is 12.7. The molecule has 1 atom stereocenters. The van der Waals surface area contributed by atoms with Gasteiger partial charge in [0.1, 0.15) is 0 Å². The molecule has 0 amide bonds. The van der Waals surface area contributed by atoms with Crippen LogP contribution in [0.15, 0.2) is 0 Å². The summed E-state index contributed by atoms with van der Waals surface area (Å²) in [6.45, 7) is 6.94. The summed E-state index contributed by atoms with van der Waals surface area (Å²) in [7, 11) is 0. The third kappa shape index (κ3) is 46.2. The Morgan fingerprint density at radius 3 is 0.623 bits per heavy atom. The van der Waals surface area contributed by atoms with Gasteiger partial charge in [0, 0.05) is 0 Å². The molecule has 53 heavy (non-hydrogen) atoms. The van der Waals surface area contributed by atoms with Crippen LogP contribution in [0.5, 0.6) is 0 Å². The van der Waals surface area contributed by atoms with Gasteiger partial charge >= 0.3 is 0 Å². The zero-order chi connectivity index (χ0) is 38.4. The quantitative estimate of drug-likeness (QED) is 0.0615. The van der Waals surface area contributed by atoms with E-state index in [0.29, 0.717) is 0 Å². The smallest absolute Gasteiger partial charge is 0.0540 e. The molecular formula is C52H106O. The van der Waals surface area contributed by atoms with Crippen molar-refractivity contribution in [2.75, 3.05) is 0 Å². The van der Waals surface area contributed by atoms with Gasteiger partial charge in [-0.05, 0) is 18.8 Å². The fourth-order valence-electron chi connectivity index (χ4n) is 8.87. The van der Waals surface area contributed by atoms with Crippen LogP contribution in [0, 0.1) is 5.92 Å². The Labute approximate surface area is 338 Å². The molecule has 0 aliphatic heterocycles. The van der Waals surface area contributed by atoms with Gasteiger partial charge in [-0.25, -0.2) is 0 Å². The van der Waals surface area contributed by atoms with E-state index >= 15 is 0 Å². The normalized spacial score (nSPS) is 12.4. The van der Waals surface area contributed by atoms with Crippen LogP contribution in [-0.4, -0.2) is 11.2 Å². The summed E-state index contributed by atoms with van der Waals surface area (Å²) in [5, 5.41) is 10.8. The van der Waals surface area contributed by atoms with Crippen molar-refractivity contribution in [1.82, 2.24) is 0 Å². The number of hydrogen-bond acceptors (Lipinski definition) is 1. The molecule has 0 rings (SSSR count). The Hall–Kier alpha value is -0.0400. The van der Waals surface area contributed by atoms with Crippen LogP contribution in [-0.2, 0) is 0 Å². The molecule has 0 heterocycles. The maximum Gasteiger partial charge on any atom is 0.0540 e. The molecule has 0 fully saturated rings. The minimum absolute atomic E-state index is 0.0507. The van der Waals surface area contributed by atoms with E-state index in [1.54, 1.807) is 0 Å². The predicted octanol–water partition coefficient (Wildman–Crippen LogP) is 19.4. The molecule has 0 spiro atoms. The molecule has 0 saturated heterocycles. The van der Waals surface area contributed by atoms with E-state index in [9.17, 15) is 5.11 Å². The van der Waals surface area contributed by atoms with Crippen molar-refractivity contribution >= 4 is 0 Å². The number of rotatable bonds is 48. The lowest BCUT2D eigenvalue weighted by Gasteiger charge is -2.18. The summed E-state index contributed by atoms with van der Waals surface area (Å²) < 4.78 is 0. The summed E-state index contributed by atoms with van der Waals surface area (Å²) in [6.07, 6.45) is 66.6. The topological polar surface area (TPSA) is 20.2 Å². The highest BCUT2D eigenvalue weighted by molar-refractivity contribution is 4.65. The second kappa shape index (κ2) is 48.1. The first-order valence-corrected chi connectivity index (χ1v) is 25.9. The lowest BCUT2D eigenvalue weighted by molar-refractivity contribution is 0.144. The lowest BCUT2D eigenvalue weighted by Crippen LogP contribution is -2.08. The first-order chi connectivity index (χ1) is 26.2. The molecular weight excluding hydrogens is 641 g/mol. The van der Waals surface area contributed by atoms with Crippen LogP contribution < -0.4 is 0 Å². The average molecular weight is 747 g/mol. The predicted molar refractivity (Wildman–Crippen MR) is 244 cm³/mol. The molecule has 1 unspecified atom stereocenters. The maximum atomic E-state index is 10.8. The van der Waals surface area contributed by atoms with Crippen molar-refractivity contribution in [2.45, 2.75) is 329 Å². The monoisotopic (exact) mass is 747 g/mol. The number of hydrogen-bond donors (Lipinski definition) is 1. The second-order valence-corrected chi connectivity index (χ2v) is 18.3. The Balaban J connectivity index is 3.95. The molecule has 1 nitrogen and oxygen atoms in total. The van der Waals surface area contributed by atoms with Crippen molar-refractivity contribution in [3.63, 3.8) is 0 Å². The molecule has 1 N–H and O–H groups in total. The summed E-state index contributed by atoms with van der Waals surface area (Å²) in [5.74, 6) is 0.911. The molecule has 0 aromatic heterocycles. The summed E-state index contributed by atoms with van der Waals surface area (Å²) in [5.41, 5.74) is 0. The Morgan fingerprint density at radius 2 is 0.377 bits per heavy atom. The Bertz CT molecular complexity index is 586. The first kappa shape index (κ1) is 53.0. The second-order valence-electron chi connectivity index (χ2n) is 18.3. The van der Waals surface area contributed by atoms with Gasteiger partial charge in [0.15, 0.2) is 0 Å². The van der Waals surface area contributed by atoms with E-state index < -0.39 is 0 Å². The van der Waals surface area contributed by atoms with Gasteiger partial charge in [-0.1, -0.05) is 310 Å². The Morgan fingerprint density at radius 1 is 0.208 bits per heavy atom. The van der Waals surface area contributed by atoms with Gasteiger partial charge in [0.05, 0.1) is 6.10 Å². The Kier molecular flexibility index (Phi) is 48.1. The van der Waals surface area contributed by atoms with Gasteiger partial charge in [-0.2, -0.15) is 0 Å². The molecule has 0 saturated carbocycles. The van der Waals surface area contributed by atoms with Crippen LogP contribution in [0.1, 0.15) is 323 Å². The lowest BCUT2D eigenvalue weighted by atomic mass is 9.89. The van der Waals surface area contributed by atoms with E-state index in [2.05, 4.69) is 20.8 Å². The van der Waals surface area contributed by atoms with E-state index in [1.807, 2.05) is 0 Å². The van der Waals surface area contributed by atoms with Gasteiger partial charge < -0.3 is 5.11 Å². The van der Waals surface area contributed by atoms with Gasteiger partial charge in [0.2, 0.25) is 0 Å². The van der Waals surface area contributed by atoms with E-state index in [1.165, 1.54) is 289 Å². The molecule has 0 aliphatic carbocycles. The van der Waals surface area contributed by atoms with Crippen molar-refractivity contribution in [1.29, 1.82) is 0 Å². The number of aliphatic hydroxyl groups is 1. The SMILES string of the molecule is CCCCCCCCCCCCCCCCCCCC(O)CCCC(CCCCCCCCCCCCCC)CCCCCCCCCCCCCC. The van der Waals surface area contributed by atoms with Gasteiger partial charge in [-0.3, -0.25) is 0 Å². The van der Waals surface area contributed by atoms with Crippen molar-refractivity contribution in [2.24, 2.45) is 5.92 Å². The fourth-order valence-corrected chi connectivity index (χ4v) is 8.87. The number of aliphatic hydroxyl groups excluding tert-OH is 1. The molecule has 320 valence electrons. The van der Waals surface area contributed by atoms with E-state index in [0.717, 1.165) is 18.8 Å². The highest BCUT2D eigenvalue weighted by Crippen LogP contribution is 2.25. The molecule has 0 radical (unpaired) electrons. The minimum atomic E-state index is -0.0507. The molecule has 0 aromatic carbocycles. The fraction of sp³-hybridized carbons (Fsp3) is 1.00. The van der Waals surface area contributed by atoms with E-state index in [4.69, 9.17) is 0 Å². The summed E-state index contributed by atoms with van der Waals surface area (Å²) >= 11 is 0. The number of unbranched alkanes of at least 4 members (excludes halogenated alkanes) is 38. The molecule has 1 heteroatoms. The molecule has 0 aromatic rings. The van der Waals surface area contributed by atoms with Gasteiger partial charge in [0.25, 0.3) is 0 Å². The van der Waals surface area contributed by atoms with E-state index in [-0.39, 0.29) is 6.10 Å². The largest absolute Gasteiger partial charge is 0.393 e. The van der Waals surface area contributed by atoms with Crippen molar-refractivity contribution in [3.05, 3.63) is 0 Å². The standard InChI is InChI=1S/C52H106O/c1-4-7-10-13-16-19-22-25-26-27-28-29-32-35-38-41-44-49-52(53)50-45-48-51(46-42-39-36-33-30-23-20-17-14-11-8-5-2)47-43-40-37-34-31-24-21-18-15-12-9-6-3/h51-53H,4-50H2,1-3H3. The third-order valence-electron chi connectivity index (χ3n) is 12.7. The zero-order valence-electron chi connectivity index (χ0n) is 37.8. The average Bonchev–Trinajstić information content (AvgIpc) is 3.16. The maximum absolute atomic E-state index is 10.8. The van der Waals surface area contributed by atoms with Crippen molar-refractivity contribution < 1.29 is 5.11 Å². The molecule has 0 bridgehead atoms. The van der Waals surface area contributed by atoms with Gasteiger partial charge in [-0.15, -0.1) is 0 Å². The van der Waals surface area contributed by atoms with Crippen LogP contribution in [0.3, 0.4) is 0 Å². The highest BCUT2D eigenvalue weighted by Gasteiger charge is 2.11. The van der Waals surface area contributed by atoms with Crippen molar-refractivity contribution in [3.8, 4) is 0 Å². The van der Waals surface area contributed by atoms with Crippen LogP contribution in [0.4, 0.5) is 0 Å². The summed E-state index contributed by atoms with van der Waals surface area (Å²) in [6, 6.07) is 0. The van der Waals surface area contributed by atoms with Crippen LogP contribution >= 0.6 is 0 Å². The summed E-state index contributed by atoms with van der Waals surface area (Å²) in [4.78, 5) is 0. The minimum Gasteiger partial charge on any atom is -0.393 e. The zero-order valence-corrected chi connectivity index (χ0v) is 37.8. The highest BCUT2D eigenvalue weighted by atomic mass is 16.3.